The highest BCUT2D eigenvalue weighted by atomic mass is 16.5. The Kier molecular flexibility index (Phi) is 5.72. The number of hydrogen-bond acceptors (Lipinski definition) is 3. The lowest BCUT2D eigenvalue weighted by Gasteiger charge is -2.21. The van der Waals surface area contributed by atoms with Gasteiger partial charge in [-0.3, -0.25) is 4.90 Å². The van der Waals surface area contributed by atoms with Crippen LogP contribution in [0.4, 0.5) is 5.69 Å². The van der Waals surface area contributed by atoms with Gasteiger partial charge >= 0.3 is 0 Å². The summed E-state index contributed by atoms with van der Waals surface area (Å²) in [5, 5.41) is 0. The highest BCUT2D eigenvalue weighted by Gasteiger charge is 2.19. The van der Waals surface area contributed by atoms with E-state index in [0.29, 0.717) is 0 Å². The number of hydrogen-bond donors (Lipinski definition) is 1. The van der Waals surface area contributed by atoms with Gasteiger partial charge in [0.25, 0.3) is 0 Å². The van der Waals surface area contributed by atoms with Crippen LogP contribution < -0.4 is 10.5 Å². The Bertz CT molecular complexity index is 388. The van der Waals surface area contributed by atoms with Gasteiger partial charge in [-0.25, -0.2) is 0 Å². The maximum Gasteiger partial charge on any atom is 0.119 e. The molecule has 1 aromatic carbocycles. The summed E-state index contributed by atoms with van der Waals surface area (Å²) >= 11 is 0. The summed E-state index contributed by atoms with van der Waals surface area (Å²) in [5.74, 6) is 2.63. The van der Waals surface area contributed by atoms with Crippen LogP contribution >= 0.6 is 0 Å². The van der Waals surface area contributed by atoms with Crippen molar-refractivity contribution < 1.29 is 4.74 Å². The lowest BCUT2D eigenvalue weighted by molar-refractivity contribution is 0.210. The number of anilines is 1. The fraction of sp³-hybridized carbons (Fsp3) is 0.647. The van der Waals surface area contributed by atoms with Crippen molar-refractivity contribution in [3.8, 4) is 5.75 Å². The number of nitrogens with two attached hydrogens (primary N) is 1. The van der Waals surface area contributed by atoms with Gasteiger partial charge in [0.1, 0.15) is 12.4 Å². The van der Waals surface area contributed by atoms with Crippen LogP contribution in [-0.2, 0) is 0 Å². The van der Waals surface area contributed by atoms with E-state index in [9.17, 15) is 0 Å². The number of likely N-dealkylation sites (tertiary alicyclic amines) is 1. The Morgan fingerprint density at radius 1 is 1.20 bits per heavy atom. The summed E-state index contributed by atoms with van der Waals surface area (Å²) in [5.41, 5.74) is 6.45. The van der Waals surface area contributed by atoms with Gasteiger partial charge < -0.3 is 10.5 Å². The summed E-state index contributed by atoms with van der Waals surface area (Å²) in [7, 11) is 0. The quantitative estimate of drug-likeness (QED) is 0.838. The fourth-order valence-electron chi connectivity index (χ4n) is 2.93. The highest BCUT2D eigenvalue weighted by molar-refractivity contribution is 5.41. The summed E-state index contributed by atoms with van der Waals surface area (Å²) in [4.78, 5) is 2.54. The van der Waals surface area contributed by atoms with E-state index in [0.717, 1.165) is 36.4 Å². The van der Waals surface area contributed by atoms with Gasteiger partial charge in [-0.2, -0.15) is 0 Å². The van der Waals surface area contributed by atoms with Crippen LogP contribution in [0.5, 0.6) is 5.75 Å². The van der Waals surface area contributed by atoms with E-state index in [1.807, 2.05) is 24.3 Å². The Labute approximate surface area is 123 Å². The van der Waals surface area contributed by atoms with Crippen LogP contribution in [0, 0.1) is 11.8 Å². The first-order valence-electron chi connectivity index (χ1n) is 7.86. The van der Waals surface area contributed by atoms with Crippen LogP contribution in [0.3, 0.4) is 0 Å². The third-order valence-electron chi connectivity index (χ3n) is 4.36. The van der Waals surface area contributed by atoms with E-state index >= 15 is 0 Å². The number of nitrogens with zero attached hydrogens (tertiary/aromatic N) is 1. The van der Waals surface area contributed by atoms with E-state index in [4.69, 9.17) is 10.5 Å². The lowest BCUT2D eigenvalue weighted by Crippen LogP contribution is -2.29. The Balaban J connectivity index is 1.70. The normalized spacial score (nSPS) is 20.9. The number of rotatable bonds is 5. The predicted octanol–water partition coefficient (Wildman–Crippen LogP) is 3.41. The molecule has 1 aromatic rings. The molecule has 0 aliphatic carbocycles. The van der Waals surface area contributed by atoms with E-state index in [2.05, 4.69) is 18.7 Å². The molecule has 1 fully saturated rings. The smallest absolute Gasteiger partial charge is 0.119 e. The molecular weight excluding hydrogens is 248 g/mol. The monoisotopic (exact) mass is 276 g/mol. The average Bonchev–Trinajstić information content (AvgIpc) is 2.67. The SMILES string of the molecule is CC(C)C1CCCN(CCOc2ccc(N)cc2)CC1. The van der Waals surface area contributed by atoms with Crippen molar-refractivity contribution in [3.05, 3.63) is 24.3 Å². The maximum atomic E-state index is 5.78. The molecule has 0 radical (unpaired) electrons. The lowest BCUT2D eigenvalue weighted by atomic mass is 9.89. The van der Waals surface area contributed by atoms with Crippen LogP contribution in [0.1, 0.15) is 33.1 Å². The van der Waals surface area contributed by atoms with Crippen LogP contribution in [0.15, 0.2) is 24.3 Å². The van der Waals surface area contributed by atoms with E-state index in [-0.39, 0.29) is 0 Å². The molecule has 0 aromatic heterocycles. The molecule has 2 N–H and O–H groups in total. The number of ether oxygens (including phenoxy) is 1. The molecule has 0 spiro atoms. The number of nitrogen functional groups attached to an aromatic ring is 1. The first-order chi connectivity index (χ1) is 9.65. The Morgan fingerprint density at radius 2 is 1.95 bits per heavy atom. The molecule has 1 heterocycles. The molecule has 0 saturated carbocycles. The molecule has 1 aliphatic rings. The van der Waals surface area contributed by atoms with Gasteiger partial charge in [0.15, 0.2) is 0 Å². The third-order valence-corrected chi connectivity index (χ3v) is 4.36. The standard InChI is InChI=1S/C17H28N2O/c1-14(2)15-4-3-10-19(11-9-15)12-13-20-17-7-5-16(18)6-8-17/h5-8,14-15H,3-4,9-13,18H2,1-2H3. The molecular formula is C17H28N2O. The zero-order chi connectivity index (χ0) is 14.4. The largest absolute Gasteiger partial charge is 0.492 e. The van der Waals surface area contributed by atoms with Crippen molar-refractivity contribution in [2.75, 3.05) is 32.0 Å². The zero-order valence-electron chi connectivity index (χ0n) is 12.8. The number of benzene rings is 1. The summed E-state index contributed by atoms with van der Waals surface area (Å²) < 4.78 is 5.78. The van der Waals surface area contributed by atoms with Crippen molar-refractivity contribution in [2.24, 2.45) is 11.8 Å². The minimum Gasteiger partial charge on any atom is -0.492 e. The molecule has 0 amide bonds. The van der Waals surface area contributed by atoms with Crippen LogP contribution in [0.25, 0.3) is 0 Å². The van der Waals surface area contributed by atoms with Gasteiger partial charge in [0.05, 0.1) is 0 Å². The van der Waals surface area contributed by atoms with Gasteiger partial charge in [0.2, 0.25) is 0 Å². The van der Waals surface area contributed by atoms with Crippen molar-refractivity contribution in [1.29, 1.82) is 0 Å². The van der Waals surface area contributed by atoms with Gasteiger partial charge in [-0.1, -0.05) is 13.8 Å². The first kappa shape index (κ1) is 15.2. The van der Waals surface area contributed by atoms with Crippen molar-refractivity contribution in [3.63, 3.8) is 0 Å². The molecule has 1 saturated heterocycles. The van der Waals surface area contributed by atoms with E-state index in [1.165, 1.54) is 32.4 Å². The fourth-order valence-corrected chi connectivity index (χ4v) is 2.93. The highest BCUT2D eigenvalue weighted by Crippen LogP contribution is 2.24. The molecule has 0 bridgehead atoms. The summed E-state index contributed by atoms with van der Waals surface area (Å²) in [6, 6.07) is 7.64. The molecule has 112 valence electrons. The molecule has 3 heteroatoms. The minimum absolute atomic E-state index is 0.760. The molecule has 3 nitrogen and oxygen atoms in total. The second-order valence-electron chi connectivity index (χ2n) is 6.19. The summed E-state index contributed by atoms with van der Waals surface area (Å²) in [6.07, 6.45) is 4.04. The zero-order valence-corrected chi connectivity index (χ0v) is 12.8. The van der Waals surface area contributed by atoms with E-state index < -0.39 is 0 Å². The Hall–Kier alpha value is -1.22. The van der Waals surface area contributed by atoms with Crippen molar-refractivity contribution in [1.82, 2.24) is 4.90 Å². The third kappa shape index (κ3) is 4.71. The molecule has 1 aliphatic heterocycles. The van der Waals surface area contributed by atoms with Gasteiger partial charge in [0, 0.05) is 12.2 Å². The second kappa shape index (κ2) is 7.53. The first-order valence-corrected chi connectivity index (χ1v) is 7.86. The molecule has 20 heavy (non-hydrogen) atoms. The van der Waals surface area contributed by atoms with Gasteiger partial charge in [-0.15, -0.1) is 0 Å². The minimum atomic E-state index is 0.760. The van der Waals surface area contributed by atoms with Crippen LogP contribution in [0.2, 0.25) is 0 Å². The van der Waals surface area contributed by atoms with E-state index in [1.54, 1.807) is 0 Å². The Morgan fingerprint density at radius 3 is 2.65 bits per heavy atom. The van der Waals surface area contributed by atoms with Crippen LogP contribution in [-0.4, -0.2) is 31.1 Å². The second-order valence-corrected chi connectivity index (χ2v) is 6.19. The molecule has 1 atom stereocenters. The van der Waals surface area contributed by atoms with Crippen molar-refractivity contribution >= 4 is 5.69 Å². The topological polar surface area (TPSA) is 38.5 Å². The predicted molar refractivity (Wildman–Crippen MR) is 85.0 cm³/mol. The van der Waals surface area contributed by atoms with Gasteiger partial charge in [-0.05, 0) is 68.5 Å². The molecule has 2 rings (SSSR count). The molecule has 1 unspecified atom stereocenters. The van der Waals surface area contributed by atoms with Crippen molar-refractivity contribution in [2.45, 2.75) is 33.1 Å². The maximum absolute atomic E-state index is 5.78. The summed E-state index contributed by atoms with van der Waals surface area (Å²) in [6.45, 7) is 8.92. The average molecular weight is 276 g/mol.